The minimum atomic E-state index is -3.13. The third kappa shape index (κ3) is 16.2. The molecular formula is C15H23NO2S. The lowest BCUT2D eigenvalue weighted by Crippen LogP contribution is -2.08. The molecule has 0 heterocycles. The molecule has 0 saturated carbocycles. The summed E-state index contributed by atoms with van der Waals surface area (Å²) in [6.07, 6.45) is 8.20. The van der Waals surface area contributed by atoms with Crippen LogP contribution >= 0.6 is 0 Å². The predicted molar refractivity (Wildman–Crippen MR) is 85.8 cm³/mol. The fourth-order valence-electron chi connectivity index (χ4n) is 0.877. The summed E-state index contributed by atoms with van der Waals surface area (Å²) in [5.74, 6) is 0. The van der Waals surface area contributed by atoms with Gasteiger partial charge in [0.05, 0.1) is 6.26 Å². The van der Waals surface area contributed by atoms with Crippen molar-refractivity contribution in [1.29, 1.82) is 0 Å². The van der Waals surface area contributed by atoms with Gasteiger partial charge < -0.3 is 0 Å². The van der Waals surface area contributed by atoms with Gasteiger partial charge >= 0.3 is 0 Å². The molecule has 3 nitrogen and oxygen atoms in total. The molecule has 0 aromatic heterocycles. The van der Waals surface area contributed by atoms with Gasteiger partial charge in [0.1, 0.15) is 0 Å². The first-order valence-electron chi connectivity index (χ1n) is 5.92. The Morgan fingerprint density at radius 1 is 1.00 bits per heavy atom. The summed E-state index contributed by atoms with van der Waals surface area (Å²) < 4.78 is 23.7. The van der Waals surface area contributed by atoms with Crippen LogP contribution in [0.15, 0.2) is 67.8 Å². The van der Waals surface area contributed by atoms with Crippen molar-refractivity contribution < 1.29 is 8.42 Å². The number of rotatable bonds is 4. The lowest BCUT2D eigenvalue weighted by atomic mass is 10.3. The van der Waals surface area contributed by atoms with Crippen molar-refractivity contribution >= 4 is 15.7 Å². The van der Waals surface area contributed by atoms with E-state index in [1.165, 1.54) is 0 Å². The molecule has 0 spiro atoms. The molecule has 0 aliphatic carbocycles. The highest BCUT2D eigenvalue weighted by atomic mass is 32.2. The smallest absolute Gasteiger partial charge is 0.229 e. The van der Waals surface area contributed by atoms with E-state index in [1.807, 2.05) is 32.1 Å². The van der Waals surface area contributed by atoms with Gasteiger partial charge in [-0.2, -0.15) is 0 Å². The number of hydrogen-bond acceptors (Lipinski definition) is 2. The average Bonchev–Trinajstić information content (AvgIpc) is 2.39. The highest BCUT2D eigenvalue weighted by Gasteiger charge is 1.98. The van der Waals surface area contributed by atoms with Crippen LogP contribution in [0.25, 0.3) is 0 Å². The molecule has 19 heavy (non-hydrogen) atoms. The van der Waals surface area contributed by atoms with Gasteiger partial charge in [-0.25, -0.2) is 8.42 Å². The highest BCUT2D eigenvalue weighted by molar-refractivity contribution is 7.92. The van der Waals surface area contributed by atoms with Gasteiger partial charge in [0, 0.05) is 5.69 Å². The topological polar surface area (TPSA) is 46.2 Å². The Bertz CT molecular complexity index is 452. The van der Waals surface area contributed by atoms with E-state index in [2.05, 4.69) is 17.9 Å². The van der Waals surface area contributed by atoms with Gasteiger partial charge in [-0.15, -0.1) is 0 Å². The van der Waals surface area contributed by atoms with Crippen LogP contribution in [-0.4, -0.2) is 14.7 Å². The summed E-state index contributed by atoms with van der Waals surface area (Å²) in [6.45, 7) is 10.9. The molecule has 0 radical (unpaired) electrons. The number of nitrogens with one attached hydrogen (secondary N) is 1. The molecule has 0 aliphatic rings. The molecule has 1 N–H and O–H groups in total. The van der Waals surface area contributed by atoms with Gasteiger partial charge in [-0.3, -0.25) is 4.72 Å². The molecule has 0 bridgehead atoms. The molecule has 0 amide bonds. The Morgan fingerprint density at radius 3 is 1.74 bits per heavy atom. The molecule has 0 saturated heterocycles. The number of anilines is 1. The maximum Gasteiger partial charge on any atom is 0.229 e. The van der Waals surface area contributed by atoms with Crippen LogP contribution in [-0.2, 0) is 10.0 Å². The van der Waals surface area contributed by atoms with Gasteiger partial charge in [-0.05, 0) is 12.1 Å². The van der Waals surface area contributed by atoms with E-state index < -0.39 is 10.0 Å². The highest BCUT2D eigenvalue weighted by Crippen LogP contribution is 2.05. The second-order valence-corrected chi connectivity index (χ2v) is 4.85. The zero-order chi connectivity index (χ0) is 15.1. The van der Waals surface area contributed by atoms with Crippen LogP contribution in [0.5, 0.6) is 0 Å². The molecule has 0 unspecified atom stereocenters. The summed E-state index contributed by atoms with van der Waals surface area (Å²) >= 11 is 0. The SMILES string of the molecule is C=C/C=C\C=C.CC.CS(=O)(=O)Nc1ccccc1. The van der Waals surface area contributed by atoms with Crippen molar-refractivity contribution in [3.05, 3.63) is 67.8 Å². The quantitative estimate of drug-likeness (QED) is 0.848. The standard InChI is InChI=1S/C7H9NO2S.C6H8.C2H6/c1-11(9,10)8-7-5-3-2-4-6-7;1-3-5-6-4-2;1-2/h2-6,8H,1H3;3-6H,1-2H2;1-2H3/b;6-5-;. The third-order valence-electron chi connectivity index (χ3n) is 1.46. The molecule has 0 aliphatic heterocycles. The van der Waals surface area contributed by atoms with E-state index in [0.29, 0.717) is 5.69 Å². The summed E-state index contributed by atoms with van der Waals surface area (Å²) in [7, 11) is -3.13. The Hall–Kier alpha value is -1.81. The van der Waals surface area contributed by atoms with Crippen molar-refractivity contribution in [3.63, 3.8) is 0 Å². The van der Waals surface area contributed by atoms with Gasteiger partial charge in [-0.1, -0.05) is 69.5 Å². The van der Waals surface area contributed by atoms with Crippen molar-refractivity contribution in [2.75, 3.05) is 11.0 Å². The van der Waals surface area contributed by atoms with Crippen LogP contribution in [0, 0.1) is 0 Å². The van der Waals surface area contributed by atoms with Gasteiger partial charge in [0.2, 0.25) is 10.0 Å². The normalized spacial score (nSPS) is 9.42. The fourth-order valence-corrected chi connectivity index (χ4v) is 1.44. The number of hydrogen-bond donors (Lipinski definition) is 1. The molecule has 1 aromatic carbocycles. The molecule has 0 fully saturated rings. The Labute approximate surface area is 117 Å². The Kier molecular flexibility index (Phi) is 13.0. The minimum absolute atomic E-state index is 0.593. The van der Waals surface area contributed by atoms with Crippen LogP contribution in [0.1, 0.15) is 13.8 Å². The summed E-state index contributed by atoms with van der Waals surface area (Å²) in [6, 6.07) is 8.76. The van der Waals surface area contributed by atoms with Crippen molar-refractivity contribution in [2.24, 2.45) is 0 Å². The van der Waals surface area contributed by atoms with E-state index >= 15 is 0 Å². The maximum atomic E-state index is 10.7. The predicted octanol–water partition coefficient (Wildman–Crippen LogP) is 4.00. The molecule has 4 heteroatoms. The number of benzene rings is 1. The average molecular weight is 281 g/mol. The lowest BCUT2D eigenvalue weighted by molar-refractivity contribution is 0.607. The van der Waals surface area contributed by atoms with E-state index in [0.717, 1.165) is 6.26 Å². The summed E-state index contributed by atoms with van der Waals surface area (Å²) in [5, 5.41) is 0. The van der Waals surface area contributed by atoms with Crippen molar-refractivity contribution in [1.82, 2.24) is 0 Å². The van der Waals surface area contributed by atoms with Crippen LogP contribution in [0.4, 0.5) is 5.69 Å². The van der Waals surface area contributed by atoms with E-state index in [-0.39, 0.29) is 0 Å². The molecule has 106 valence electrons. The fraction of sp³-hybridized carbons (Fsp3) is 0.200. The number of allylic oxidation sites excluding steroid dienone is 4. The molecule has 1 rings (SSSR count). The maximum absolute atomic E-state index is 10.7. The second kappa shape index (κ2) is 12.6. The number of sulfonamides is 1. The minimum Gasteiger partial charge on any atom is -0.284 e. The van der Waals surface area contributed by atoms with Gasteiger partial charge in [0.25, 0.3) is 0 Å². The van der Waals surface area contributed by atoms with Gasteiger partial charge in [0.15, 0.2) is 0 Å². The first-order valence-corrected chi connectivity index (χ1v) is 7.81. The largest absolute Gasteiger partial charge is 0.284 e. The van der Waals surface area contributed by atoms with Crippen LogP contribution < -0.4 is 4.72 Å². The lowest BCUT2D eigenvalue weighted by Gasteiger charge is -2.00. The molecular weight excluding hydrogens is 258 g/mol. The zero-order valence-electron chi connectivity index (χ0n) is 11.8. The monoisotopic (exact) mass is 281 g/mol. The summed E-state index contributed by atoms with van der Waals surface area (Å²) in [5.41, 5.74) is 0.593. The first-order chi connectivity index (χ1) is 8.99. The van der Waals surface area contributed by atoms with Crippen molar-refractivity contribution in [3.8, 4) is 0 Å². The Morgan fingerprint density at radius 2 is 1.42 bits per heavy atom. The third-order valence-corrected chi connectivity index (χ3v) is 2.07. The first kappa shape index (κ1) is 19.5. The van der Waals surface area contributed by atoms with E-state index in [9.17, 15) is 8.42 Å². The van der Waals surface area contributed by atoms with Crippen molar-refractivity contribution in [2.45, 2.75) is 13.8 Å². The molecule has 1 aromatic rings. The Balaban J connectivity index is 0. The number of para-hydroxylation sites is 1. The van der Waals surface area contributed by atoms with E-state index in [4.69, 9.17) is 0 Å². The second-order valence-electron chi connectivity index (χ2n) is 3.10. The molecule has 0 atom stereocenters. The van der Waals surface area contributed by atoms with Crippen LogP contribution in [0.2, 0.25) is 0 Å². The van der Waals surface area contributed by atoms with E-state index in [1.54, 1.807) is 36.4 Å². The summed E-state index contributed by atoms with van der Waals surface area (Å²) in [4.78, 5) is 0. The van der Waals surface area contributed by atoms with Crippen LogP contribution in [0.3, 0.4) is 0 Å². The zero-order valence-corrected chi connectivity index (χ0v) is 12.7.